The number of alkyl halides is 2. The molecule has 1 nitrogen and oxygen atoms in total. The number of benzene rings is 1. The molecule has 15 heavy (non-hydrogen) atoms. The van der Waals surface area contributed by atoms with Gasteiger partial charge in [0.2, 0.25) is 0 Å². The summed E-state index contributed by atoms with van der Waals surface area (Å²) < 4.78 is 0. The fraction of sp³-hybridized carbons (Fsp3) is 0.455. The van der Waals surface area contributed by atoms with Crippen molar-refractivity contribution in [2.24, 2.45) is 5.73 Å². The molecule has 0 amide bonds. The Hall–Kier alpha value is 0.0500. The van der Waals surface area contributed by atoms with Gasteiger partial charge in [-0.2, -0.15) is 0 Å². The third kappa shape index (κ3) is 3.25. The number of nitrogens with two attached hydrogens (primary N) is 1. The molecule has 0 fully saturated rings. The quantitative estimate of drug-likeness (QED) is 0.813. The van der Waals surface area contributed by atoms with Gasteiger partial charge in [0.1, 0.15) is 0 Å². The lowest BCUT2D eigenvalue weighted by Crippen LogP contribution is -2.07. The van der Waals surface area contributed by atoms with Gasteiger partial charge in [0.05, 0.1) is 0 Å². The average Bonchev–Trinajstić information content (AvgIpc) is 2.24. The second-order valence-electron chi connectivity index (χ2n) is 3.25. The van der Waals surface area contributed by atoms with Gasteiger partial charge in [0.15, 0.2) is 0 Å². The van der Waals surface area contributed by atoms with Crippen LogP contribution in [0.3, 0.4) is 0 Å². The van der Waals surface area contributed by atoms with Gasteiger partial charge in [0, 0.05) is 23.3 Å². The standard InChI is InChI=1S/C11H14Cl3N/c12-5-3-9-8(7-15)1-2-11(14)10(9)4-6-13/h1-2H,3-7,15H2. The minimum atomic E-state index is 0.513. The van der Waals surface area contributed by atoms with E-state index in [1.165, 1.54) is 5.56 Å². The van der Waals surface area contributed by atoms with Gasteiger partial charge >= 0.3 is 0 Å². The van der Waals surface area contributed by atoms with Gasteiger partial charge in [0.25, 0.3) is 0 Å². The van der Waals surface area contributed by atoms with Crippen LogP contribution in [0.1, 0.15) is 16.7 Å². The lowest BCUT2D eigenvalue weighted by Gasteiger charge is -2.14. The van der Waals surface area contributed by atoms with E-state index in [0.717, 1.165) is 29.0 Å². The first-order valence-electron chi connectivity index (χ1n) is 4.85. The van der Waals surface area contributed by atoms with Crippen molar-refractivity contribution in [3.8, 4) is 0 Å². The van der Waals surface area contributed by atoms with E-state index in [4.69, 9.17) is 40.5 Å². The summed E-state index contributed by atoms with van der Waals surface area (Å²) in [6.07, 6.45) is 1.56. The maximum Gasteiger partial charge on any atom is 0.0441 e. The molecule has 1 rings (SSSR count). The predicted octanol–water partition coefficient (Wildman–Crippen LogP) is 3.36. The Morgan fingerprint density at radius 3 is 2.13 bits per heavy atom. The molecular formula is C11H14Cl3N. The second kappa shape index (κ2) is 6.59. The van der Waals surface area contributed by atoms with Gasteiger partial charge in [-0.3, -0.25) is 0 Å². The van der Waals surface area contributed by atoms with Gasteiger partial charge in [-0.25, -0.2) is 0 Å². The Balaban J connectivity index is 3.17. The van der Waals surface area contributed by atoms with Crippen LogP contribution in [0.2, 0.25) is 5.02 Å². The molecule has 0 saturated carbocycles. The normalized spacial score (nSPS) is 10.7. The molecule has 0 atom stereocenters. The number of hydrogen-bond acceptors (Lipinski definition) is 1. The molecule has 0 saturated heterocycles. The second-order valence-corrected chi connectivity index (χ2v) is 4.41. The van der Waals surface area contributed by atoms with E-state index in [-0.39, 0.29) is 0 Å². The van der Waals surface area contributed by atoms with Crippen molar-refractivity contribution < 1.29 is 0 Å². The molecule has 0 bridgehead atoms. The topological polar surface area (TPSA) is 26.0 Å². The molecular weight excluding hydrogens is 252 g/mol. The van der Waals surface area contributed by atoms with Gasteiger partial charge in [-0.05, 0) is 35.6 Å². The van der Waals surface area contributed by atoms with Crippen molar-refractivity contribution in [1.29, 1.82) is 0 Å². The van der Waals surface area contributed by atoms with Crippen LogP contribution < -0.4 is 5.73 Å². The third-order valence-corrected chi connectivity index (χ3v) is 3.11. The van der Waals surface area contributed by atoms with Gasteiger partial charge < -0.3 is 5.73 Å². The fourth-order valence-corrected chi connectivity index (χ4v) is 2.32. The largest absolute Gasteiger partial charge is 0.326 e. The molecule has 0 heterocycles. The minimum absolute atomic E-state index is 0.513. The number of halogens is 3. The summed E-state index contributed by atoms with van der Waals surface area (Å²) in [6, 6.07) is 3.84. The van der Waals surface area contributed by atoms with Gasteiger partial charge in [-0.15, -0.1) is 23.2 Å². The fourth-order valence-electron chi connectivity index (χ4n) is 1.67. The Labute approximate surface area is 106 Å². The van der Waals surface area contributed by atoms with E-state index in [2.05, 4.69) is 0 Å². The minimum Gasteiger partial charge on any atom is -0.326 e. The summed E-state index contributed by atoms with van der Waals surface area (Å²) in [4.78, 5) is 0. The first kappa shape index (κ1) is 13.1. The van der Waals surface area contributed by atoms with Crippen LogP contribution in [0.25, 0.3) is 0 Å². The summed E-state index contributed by atoms with van der Waals surface area (Å²) in [5.41, 5.74) is 9.05. The van der Waals surface area contributed by atoms with Crippen LogP contribution >= 0.6 is 34.8 Å². The Bertz CT molecular complexity index is 326. The predicted molar refractivity (Wildman–Crippen MR) is 68.2 cm³/mol. The zero-order valence-corrected chi connectivity index (χ0v) is 10.7. The van der Waals surface area contributed by atoms with Crippen LogP contribution in [0.15, 0.2) is 12.1 Å². The summed E-state index contributed by atoms with van der Waals surface area (Å²) in [7, 11) is 0. The lowest BCUT2D eigenvalue weighted by atomic mass is 9.97. The number of rotatable bonds is 5. The number of hydrogen-bond donors (Lipinski definition) is 1. The molecule has 0 aliphatic rings. The molecule has 4 heteroatoms. The third-order valence-electron chi connectivity index (χ3n) is 2.38. The van der Waals surface area contributed by atoms with E-state index < -0.39 is 0 Å². The van der Waals surface area contributed by atoms with Crippen molar-refractivity contribution in [2.45, 2.75) is 19.4 Å². The molecule has 0 radical (unpaired) electrons. The molecule has 1 aromatic rings. The highest BCUT2D eigenvalue weighted by molar-refractivity contribution is 6.31. The van der Waals surface area contributed by atoms with E-state index in [0.29, 0.717) is 18.3 Å². The average molecular weight is 267 g/mol. The zero-order chi connectivity index (χ0) is 11.3. The highest BCUT2D eigenvalue weighted by Gasteiger charge is 2.10. The molecule has 0 unspecified atom stereocenters. The summed E-state index contributed by atoms with van der Waals surface area (Å²) in [6.45, 7) is 0.513. The summed E-state index contributed by atoms with van der Waals surface area (Å²) in [5.74, 6) is 1.13. The molecule has 84 valence electrons. The van der Waals surface area contributed by atoms with Crippen LogP contribution in [0, 0.1) is 0 Å². The van der Waals surface area contributed by atoms with Crippen molar-refractivity contribution in [2.75, 3.05) is 11.8 Å². The van der Waals surface area contributed by atoms with Crippen molar-refractivity contribution >= 4 is 34.8 Å². The molecule has 0 aliphatic carbocycles. The molecule has 0 aromatic heterocycles. The summed E-state index contributed by atoms with van der Waals surface area (Å²) in [5, 5.41) is 0.757. The Kier molecular flexibility index (Phi) is 5.77. The zero-order valence-electron chi connectivity index (χ0n) is 8.40. The maximum atomic E-state index is 6.13. The van der Waals surface area contributed by atoms with Crippen LogP contribution in [0.4, 0.5) is 0 Å². The highest BCUT2D eigenvalue weighted by Crippen LogP contribution is 2.25. The van der Waals surface area contributed by atoms with Crippen LogP contribution in [0.5, 0.6) is 0 Å². The molecule has 2 N–H and O–H groups in total. The van der Waals surface area contributed by atoms with E-state index >= 15 is 0 Å². The van der Waals surface area contributed by atoms with Gasteiger partial charge in [-0.1, -0.05) is 17.7 Å². The van der Waals surface area contributed by atoms with E-state index in [1.807, 2.05) is 12.1 Å². The van der Waals surface area contributed by atoms with Crippen molar-refractivity contribution in [1.82, 2.24) is 0 Å². The first-order chi connectivity index (χ1) is 7.24. The highest BCUT2D eigenvalue weighted by atomic mass is 35.5. The summed E-state index contributed by atoms with van der Waals surface area (Å²) >= 11 is 17.7. The Morgan fingerprint density at radius 1 is 1.00 bits per heavy atom. The SMILES string of the molecule is NCc1ccc(Cl)c(CCCl)c1CCCl. The van der Waals surface area contributed by atoms with E-state index in [1.54, 1.807) is 0 Å². The van der Waals surface area contributed by atoms with Crippen LogP contribution in [-0.4, -0.2) is 11.8 Å². The molecule has 0 spiro atoms. The lowest BCUT2D eigenvalue weighted by molar-refractivity contribution is 0.967. The van der Waals surface area contributed by atoms with Crippen LogP contribution in [-0.2, 0) is 19.4 Å². The smallest absolute Gasteiger partial charge is 0.0441 e. The maximum absolute atomic E-state index is 6.13. The van der Waals surface area contributed by atoms with Crippen molar-refractivity contribution in [3.63, 3.8) is 0 Å². The Morgan fingerprint density at radius 2 is 1.60 bits per heavy atom. The van der Waals surface area contributed by atoms with Crippen molar-refractivity contribution in [3.05, 3.63) is 33.8 Å². The van der Waals surface area contributed by atoms with E-state index in [9.17, 15) is 0 Å². The monoisotopic (exact) mass is 265 g/mol. The first-order valence-corrected chi connectivity index (χ1v) is 6.30. The molecule has 0 aliphatic heterocycles. The molecule has 1 aromatic carbocycles.